The Morgan fingerprint density at radius 2 is 0.870 bits per heavy atom. The van der Waals surface area contributed by atoms with Crippen LogP contribution in [0, 0.1) is 0 Å². The Morgan fingerprint density at radius 3 is 1.41 bits per heavy atom. The van der Waals surface area contributed by atoms with Gasteiger partial charge in [0.05, 0.1) is 36.2 Å². The zero-order valence-electron chi connectivity index (χ0n) is 36.4. The third kappa shape index (κ3) is 6.07. The van der Waals surface area contributed by atoms with Crippen LogP contribution < -0.4 is 51.7 Å². The monoisotopic (exact) mass is 906 g/mol. The highest BCUT2D eigenvalue weighted by atomic mass is 32.1. The Balaban J connectivity index is 0.787. The molecule has 0 bridgehead atoms. The van der Waals surface area contributed by atoms with Gasteiger partial charge in [0.15, 0.2) is 0 Å². The minimum atomic E-state index is -0.177. The molecule has 4 aliphatic rings. The van der Waals surface area contributed by atoms with Gasteiger partial charge in [0.25, 0.3) is 13.4 Å². The molecule has 15 rings (SSSR count). The van der Waals surface area contributed by atoms with Gasteiger partial charge in [0.2, 0.25) is 11.8 Å². The molecule has 0 saturated carbocycles. The highest BCUT2D eigenvalue weighted by molar-refractivity contribution is 7.14. The van der Waals surface area contributed by atoms with Crippen LogP contribution in [0.2, 0.25) is 0 Å². The number of hydrogen-bond acceptors (Lipinski definition) is 9. The topological polar surface area (TPSA) is 98.3 Å². The summed E-state index contributed by atoms with van der Waals surface area (Å²) in [6, 6.07) is 52.0. The highest BCUT2D eigenvalue weighted by Gasteiger charge is 2.43. The smallest absolute Gasteiger partial charge is 0.262 e. The van der Waals surface area contributed by atoms with Gasteiger partial charge >= 0.3 is 0 Å². The van der Waals surface area contributed by atoms with E-state index in [9.17, 15) is 0 Å². The summed E-state index contributed by atoms with van der Waals surface area (Å²) in [5, 5.41) is 11.7. The Labute approximate surface area is 399 Å². The quantitative estimate of drug-likeness (QED) is 0.153. The maximum atomic E-state index is 6.62. The highest BCUT2D eigenvalue weighted by Crippen LogP contribution is 2.40. The van der Waals surface area contributed by atoms with Gasteiger partial charge in [-0.05, 0) is 116 Å². The van der Waals surface area contributed by atoms with Crippen molar-refractivity contribution in [3.63, 3.8) is 0 Å². The Bertz CT molecular complexity index is 3630. The van der Waals surface area contributed by atoms with Crippen molar-refractivity contribution in [2.75, 3.05) is 0 Å². The Morgan fingerprint density at radius 1 is 0.377 bits per heavy atom. The summed E-state index contributed by atoms with van der Waals surface area (Å²) >= 11 is 1.72. The Hall–Kier alpha value is -8.93. The van der Waals surface area contributed by atoms with Crippen molar-refractivity contribution in [1.29, 1.82) is 0 Å². The fourth-order valence-corrected chi connectivity index (χ4v) is 11.2. The molecule has 4 aliphatic heterocycles. The summed E-state index contributed by atoms with van der Waals surface area (Å²) in [6.07, 6.45) is 11.5. The zero-order chi connectivity index (χ0) is 45.2. The van der Waals surface area contributed by atoms with Gasteiger partial charge in [0, 0.05) is 39.3 Å². The van der Waals surface area contributed by atoms with Crippen molar-refractivity contribution in [3.05, 3.63) is 194 Å². The first-order chi connectivity index (χ1) is 34.1. The number of fused-ring (bicyclic) bond motifs is 8. The number of aromatic nitrogens is 6. The molecule has 0 spiro atoms. The van der Waals surface area contributed by atoms with Gasteiger partial charge in [-0.1, -0.05) is 91.0 Å². The lowest BCUT2D eigenvalue weighted by Crippen LogP contribution is -2.57. The van der Waals surface area contributed by atoms with E-state index in [4.69, 9.17) is 39.1 Å². The molecular formula is C56H32B2N6O4S. The fraction of sp³-hybridized carbons (Fsp3) is 0. The molecule has 10 nitrogen and oxygen atoms in total. The number of pyridine rings is 2. The van der Waals surface area contributed by atoms with Gasteiger partial charge in [-0.3, -0.25) is 0 Å². The van der Waals surface area contributed by atoms with Crippen LogP contribution in [0.3, 0.4) is 0 Å². The molecule has 0 radical (unpaired) electrons. The van der Waals surface area contributed by atoms with Gasteiger partial charge in [-0.25, -0.2) is 19.3 Å². The van der Waals surface area contributed by atoms with Gasteiger partial charge < -0.3 is 18.9 Å². The van der Waals surface area contributed by atoms with Crippen LogP contribution in [0.15, 0.2) is 194 Å². The number of benzene rings is 6. The molecule has 13 heteroatoms. The standard InChI is InChI=1S/C56H32B2N6O4S/c1-3-9-33(10-4-1)38-26-61-63(30-38)40-24-44-55(59-28-40)67-50-15-7-13-48-53(50)57(44)42-21-35(17-19-46(42)65-48)37-23-52(69-32-37)36-18-20-47-43(22-36)58-45-25-41(64-31-39(27-62-64)34-11-5-2-6-12-34)29-60-56(45)68-51-16-8-14-49(66-47)54(51)58/h1-32H. The van der Waals surface area contributed by atoms with Crippen molar-refractivity contribution in [1.82, 2.24) is 29.5 Å². The van der Waals surface area contributed by atoms with Crippen molar-refractivity contribution in [2.45, 2.75) is 0 Å². The van der Waals surface area contributed by atoms with Crippen LogP contribution >= 0.6 is 11.3 Å². The molecule has 0 atom stereocenters. The van der Waals surface area contributed by atoms with Gasteiger partial charge in [-0.15, -0.1) is 11.3 Å². The maximum absolute atomic E-state index is 6.62. The summed E-state index contributed by atoms with van der Waals surface area (Å²) in [6.45, 7) is -0.354. The molecular weight excluding hydrogens is 874 g/mol. The molecule has 0 N–H and O–H groups in total. The van der Waals surface area contributed by atoms with Gasteiger partial charge in [-0.2, -0.15) is 10.2 Å². The van der Waals surface area contributed by atoms with E-state index in [1.54, 1.807) is 11.3 Å². The molecule has 0 fully saturated rings. The summed E-state index contributed by atoms with van der Waals surface area (Å²) in [7, 11) is 0. The second-order valence-corrected chi connectivity index (χ2v) is 18.5. The first kappa shape index (κ1) is 38.2. The van der Waals surface area contributed by atoms with Crippen LogP contribution in [-0.4, -0.2) is 43.0 Å². The lowest BCUT2D eigenvalue weighted by Gasteiger charge is -2.32. The third-order valence-corrected chi connectivity index (χ3v) is 14.6. The molecule has 69 heavy (non-hydrogen) atoms. The number of nitrogens with zero attached hydrogens (tertiary/aromatic N) is 6. The summed E-state index contributed by atoms with van der Waals surface area (Å²) in [5.74, 6) is 5.81. The third-order valence-electron chi connectivity index (χ3n) is 13.6. The van der Waals surface area contributed by atoms with E-state index in [0.717, 1.165) is 122 Å². The van der Waals surface area contributed by atoms with E-state index in [-0.39, 0.29) is 13.4 Å². The molecule has 0 saturated heterocycles. The van der Waals surface area contributed by atoms with Crippen LogP contribution in [0.1, 0.15) is 0 Å². The molecule has 11 aromatic rings. The molecule has 0 unspecified atom stereocenters. The molecule has 0 aliphatic carbocycles. The number of hydrogen-bond donors (Lipinski definition) is 0. The number of rotatable bonds is 6. The van der Waals surface area contributed by atoms with Crippen LogP contribution in [0.25, 0.3) is 55.2 Å². The van der Waals surface area contributed by atoms with Gasteiger partial charge in [0.1, 0.15) is 34.5 Å². The number of ether oxygens (including phenoxy) is 4. The van der Waals surface area contributed by atoms with Crippen molar-refractivity contribution < 1.29 is 18.9 Å². The maximum Gasteiger partial charge on any atom is 0.262 e. The largest absolute Gasteiger partial charge is 0.458 e. The van der Waals surface area contributed by atoms with Crippen LogP contribution in [0.5, 0.6) is 46.3 Å². The second kappa shape index (κ2) is 14.8. The predicted molar refractivity (Wildman–Crippen MR) is 271 cm³/mol. The van der Waals surface area contributed by atoms with E-state index < -0.39 is 0 Å². The molecule has 6 aromatic carbocycles. The average molecular weight is 907 g/mol. The summed E-state index contributed by atoms with van der Waals surface area (Å²) in [4.78, 5) is 10.9. The van der Waals surface area contributed by atoms with E-state index in [1.807, 2.05) is 119 Å². The minimum absolute atomic E-state index is 0.176. The summed E-state index contributed by atoms with van der Waals surface area (Å²) < 4.78 is 29.9. The van der Waals surface area contributed by atoms with Crippen molar-refractivity contribution in [2.24, 2.45) is 0 Å². The van der Waals surface area contributed by atoms with Crippen molar-refractivity contribution in [3.8, 4) is 101 Å². The first-order valence-corrected chi connectivity index (χ1v) is 23.6. The molecule has 5 aromatic heterocycles. The predicted octanol–water partition coefficient (Wildman–Crippen LogP) is 9.03. The van der Waals surface area contributed by atoms with E-state index >= 15 is 0 Å². The van der Waals surface area contributed by atoms with Crippen molar-refractivity contribution >= 4 is 57.5 Å². The number of thiophene rings is 1. The van der Waals surface area contributed by atoms with Crippen LogP contribution in [-0.2, 0) is 0 Å². The lowest BCUT2D eigenvalue weighted by atomic mass is 9.35. The zero-order valence-corrected chi connectivity index (χ0v) is 37.2. The van der Waals surface area contributed by atoms with E-state index in [0.29, 0.717) is 11.8 Å². The normalized spacial score (nSPS) is 13.0. The lowest BCUT2D eigenvalue weighted by molar-refractivity contribution is 0.452. The van der Waals surface area contributed by atoms with E-state index in [1.165, 1.54) is 0 Å². The van der Waals surface area contributed by atoms with Crippen LogP contribution in [0.4, 0.5) is 0 Å². The van der Waals surface area contributed by atoms with E-state index in [2.05, 4.69) is 84.2 Å². The molecule has 9 heterocycles. The first-order valence-electron chi connectivity index (χ1n) is 22.7. The summed E-state index contributed by atoms with van der Waals surface area (Å²) in [5.41, 5.74) is 15.2. The second-order valence-electron chi connectivity index (χ2n) is 17.6. The molecule has 0 amide bonds. The minimum Gasteiger partial charge on any atom is -0.458 e. The average Bonchev–Trinajstić information content (AvgIpc) is 4.22. The molecule has 322 valence electrons. The SMILES string of the molecule is c1ccc(-c2cnn(-c3cnc4c(c3)B3c5cc(-c6csc(-c7ccc8c(c7)B7c9cc(-n%10cc(-c%11ccccc%11)cn%10)cnc9Oc9cccc(c97)O8)c6)ccc5Oc5cccc(c53)O4)c2)cc1. The Kier molecular flexibility index (Phi) is 8.19. The fourth-order valence-electron chi connectivity index (χ4n) is 10.3.